The molecule has 0 saturated heterocycles. The van der Waals surface area contributed by atoms with Gasteiger partial charge in [0.2, 0.25) is 0 Å². The van der Waals surface area contributed by atoms with Gasteiger partial charge in [-0.3, -0.25) is 4.98 Å². The fraction of sp³-hybridized carbons (Fsp3) is 0.182. The van der Waals surface area contributed by atoms with Crippen LogP contribution in [0.15, 0.2) is 40.9 Å². The molecule has 0 aliphatic heterocycles. The molecule has 0 amide bonds. The molecule has 2 N–H and O–H groups in total. The van der Waals surface area contributed by atoms with Crippen molar-refractivity contribution in [1.82, 2.24) is 4.98 Å². The standard InChI is InChI=1S/C11H12N2O/c12-7-6-9-4-5-11(14-9)10-3-1-2-8-13-10/h1-5,8H,6-7,12H2. The maximum atomic E-state index is 5.57. The number of rotatable bonds is 3. The molecule has 0 saturated carbocycles. The molecular formula is C11H12N2O. The van der Waals surface area contributed by atoms with E-state index in [0.29, 0.717) is 6.54 Å². The number of hydrogen-bond acceptors (Lipinski definition) is 3. The van der Waals surface area contributed by atoms with Crippen molar-refractivity contribution >= 4 is 0 Å². The Morgan fingerprint density at radius 1 is 1.21 bits per heavy atom. The topological polar surface area (TPSA) is 52.0 Å². The maximum absolute atomic E-state index is 5.57. The highest BCUT2D eigenvalue weighted by atomic mass is 16.3. The first-order valence-corrected chi connectivity index (χ1v) is 4.60. The van der Waals surface area contributed by atoms with Crippen LogP contribution in [0.3, 0.4) is 0 Å². The van der Waals surface area contributed by atoms with Crippen molar-refractivity contribution in [3.8, 4) is 11.5 Å². The highest BCUT2D eigenvalue weighted by molar-refractivity contribution is 5.51. The van der Waals surface area contributed by atoms with Crippen LogP contribution >= 0.6 is 0 Å². The fourth-order valence-corrected chi connectivity index (χ4v) is 1.30. The zero-order valence-corrected chi connectivity index (χ0v) is 7.81. The van der Waals surface area contributed by atoms with Crippen LogP contribution in [-0.4, -0.2) is 11.5 Å². The molecular weight excluding hydrogens is 176 g/mol. The minimum Gasteiger partial charge on any atom is -0.459 e. The third-order valence-electron chi connectivity index (χ3n) is 1.97. The molecule has 2 aromatic heterocycles. The van der Waals surface area contributed by atoms with Gasteiger partial charge in [-0.05, 0) is 30.8 Å². The first-order valence-electron chi connectivity index (χ1n) is 4.60. The Bertz CT molecular complexity index is 395. The Kier molecular flexibility index (Phi) is 2.60. The van der Waals surface area contributed by atoms with E-state index in [-0.39, 0.29) is 0 Å². The van der Waals surface area contributed by atoms with Crippen molar-refractivity contribution in [3.63, 3.8) is 0 Å². The Balaban J connectivity index is 2.25. The van der Waals surface area contributed by atoms with Crippen molar-refractivity contribution in [1.29, 1.82) is 0 Å². The maximum Gasteiger partial charge on any atom is 0.152 e. The molecule has 3 heteroatoms. The van der Waals surface area contributed by atoms with E-state index in [1.54, 1.807) is 6.20 Å². The minimum absolute atomic E-state index is 0.606. The molecule has 72 valence electrons. The van der Waals surface area contributed by atoms with Crippen LogP contribution in [0.4, 0.5) is 0 Å². The number of aromatic nitrogens is 1. The summed E-state index contributed by atoms with van der Waals surface area (Å²) in [4.78, 5) is 4.20. The third-order valence-corrected chi connectivity index (χ3v) is 1.97. The average Bonchev–Trinajstić information content (AvgIpc) is 2.68. The van der Waals surface area contributed by atoms with Gasteiger partial charge in [-0.2, -0.15) is 0 Å². The highest BCUT2D eigenvalue weighted by Gasteiger charge is 2.03. The largest absolute Gasteiger partial charge is 0.459 e. The molecule has 3 nitrogen and oxygen atoms in total. The van der Waals surface area contributed by atoms with Crippen LogP contribution in [0, 0.1) is 0 Å². The quantitative estimate of drug-likeness (QED) is 0.799. The third kappa shape index (κ3) is 1.83. The van der Waals surface area contributed by atoms with Gasteiger partial charge in [-0.1, -0.05) is 6.07 Å². The van der Waals surface area contributed by atoms with E-state index in [9.17, 15) is 0 Å². The van der Waals surface area contributed by atoms with Crippen LogP contribution in [0.1, 0.15) is 5.76 Å². The summed E-state index contributed by atoms with van der Waals surface area (Å²) in [5.74, 6) is 1.71. The number of nitrogens with two attached hydrogens (primary N) is 1. The van der Waals surface area contributed by atoms with Gasteiger partial charge in [-0.15, -0.1) is 0 Å². The molecule has 0 radical (unpaired) electrons. The minimum atomic E-state index is 0.606. The first-order chi connectivity index (χ1) is 6.90. The van der Waals surface area contributed by atoms with Gasteiger partial charge in [-0.25, -0.2) is 0 Å². The smallest absolute Gasteiger partial charge is 0.152 e. The molecule has 0 aliphatic carbocycles. The van der Waals surface area contributed by atoms with Crippen LogP contribution in [-0.2, 0) is 6.42 Å². The van der Waals surface area contributed by atoms with E-state index < -0.39 is 0 Å². The van der Waals surface area contributed by atoms with Gasteiger partial charge < -0.3 is 10.2 Å². The molecule has 2 heterocycles. The molecule has 2 aromatic rings. The molecule has 0 aromatic carbocycles. The summed E-state index contributed by atoms with van der Waals surface area (Å²) in [6.45, 7) is 0.606. The Labute approximate surface area is 82.6 Å². The average molecular weight is 188 g/mol. The predicted octanol–water partition coefficient (Wildman–Crippen LogP) is 1.84. The molecule has 14 heavy (non-hydrogen) atoms. The summed E-state index contributed by atoms with van der Waals surface area (Å²) in [6.07, 6.45) is 2.52. The van der Waals surface area contributed by atoms with Gasteiger partial charge in [0.25, 0.3) is 0 Å². The monoisotopic (exact) mass is 188 g/mol. The number of furan rings is 1. The van der Waals surface area contributed by atoms with Crippen LogP contribution < -0.4 is 5.73 Å². The Morgan fingerprint density at radius 2 is 2.14 bits per heavy atom. The van der Waals surface area contributed by atoms with Gasteiger partial charge in [0, 0.05) is 12.6 Å². The summed E-state index contributed by atoms with van der Waals surface area (Å²) < 4.78 is 5.57. The van der Waals surface area contributed by atoms with Crippen LogP contribution in [0.25, 0.3) is 11.5 Å². The lowest BCUT2D eigenvalue weighted by Gasteiger charge is -1.94. The van der Waals surface area contributed by atoms with Crippen LogP contribution in [0.5, 0.6) is 0 Å². The Hall–Kier alpha value is -1.61. The predicted molar refractivity (Wildman–Crippen MR) is 54.7 cm³/mol. The molecule has 0 atom stereocenters. The normalized spacial score (nSPS) is 10.4. The molecule has 0 aliphatic rings. The lowest BCUT2D eigenvalue weighted by molar-refractivity contribution is 0.522. The van der Waals surface area contributed by atoms with Crippen molar-refractivity contribution in [3.05, 3.63) is 42.3 Å². The van der Waals surface area contributed by atoms with E-state index in [2.05, 4.69) is 4.98 Å². The van der Waals surface area contributed by atoms with Crippen molar-refractivity contribution in [2.75, 3.05) is 6.54 Å². The van der Waals surface area contributed by atoms with Gasteiger partial charge in [0.1, 0.15) is 11.5 Å². The molecule has 0 unspecified atom stereocenters. The molecule has 2 rings (SSSR count). The summed E-state index contributed by atoms with van der Waals surface area (Å²) in [5.41, 5.74) is 6.29. The second-order valence-electron chi connectivity index (χ2n) is 3.02. The van der Waals surface area contributed by atoms with E-state index in [4.69, 9.17) is 10.2 Å². The second kappa shape index (κ2) is 4.07. The summed E-state index contributed by atoms with van der Waals surface area (Å²) >= 11 is 0. The lowest BCUT2D eigenvalue weighted by atomic mass is 10.3. The zero-order valence-electron chi connectivity index (χ0n) is 7.81. The lowest BCUT2D eigenvalue weighted by Crippen LogP contribution is -2.01. The van der Waals surface area contributed by atoms with E-state index >= 15 is 0 Å². The molecule has 0 spiro atoms. The summed E-state index contributed by atoms with van der Waals surface area (Å²) in [7, 11) is 0. The van der Waals surface area contributed by atoms with Gasteiger partial charge >= 0.3 is 0 Å². The van der Waals surface area contributed by atoms with Crippen molar-refractivity contribution in [2.45, 2.75) is 6.42 Å². The van der Waals surface area contributed by atoms with E-state index in [1.807, 2.05) is 30.3 Å². The van der Waals surface area contributed by atoms with Gasteiger partial charge in [0.15, 0.2) is 5.76 Å². The summed E-state index contributed by atoms with van der Waals surface area (Å²) in [5, 5.41) is 0. The SMILES string of the molecule is NCCc1ccc(-c2ccccn2)o1. The molecule has 0 bridgehead atoms. The van der Waals surface area contributed by atoms with Gasteiger partial charge in [0.05, 0.1) is 0 Å². The van der Waals surface area contributed by atoms with E-state index in [1.165, 1.54) is 0 Å². The number of nitrogens with zero attached hydrogens (tertiary/aromatic N) is 1. The zero-order chi connectivity index (χ0) is 9.80. The van der Waals surface area contributed by atoms with E-state index in [0.717, 1.165) is 23.6 Å². The van der Waals surface area contributed by atoms with Crippen molar-refractivity contribution in [2.24, 2.45) is 5.73 Å². The second-order valence-corrected chi connectivity index (χ2v) is 3.02. The first kappa shape index (κ1) is 8.97. The Morgan fingerprint density at radius 3 is 2.86 bits per heavy atom. The summed E-state index contributed by atoms with van der Waals surface area (Å²) in [6, 6.07) is 9.61. The molecule has 0 fully saturated rings. The highest BCUT2D eigenvalue weighted by Crippen LogP contribution is 2.19. The number of pyridine rings is 1. The van der Waals surface area contributed by atoms with Crippen LogP contribution in [0.2, 0.25) is 0 Å². The fourth-order valence-electron chi connectivity index (χ4n) is 1.30. The van der Waals surface area contributed by atoms with Crippen molar-refractivity contribution < 1.29 is 4.42 Å². The number of hydrogen-bond donors (Lipinski definition) is 1.